The van der Waals surface area contributed by atoms with Crippen molar-refractivity contribution in [3.63, 3.8) is 0 Å². The van der Waals surface area contributed by atoms with Crippen molar-refractivity contribution in [1.29, 1.82) is 0 Å². The number of benzene rings is 1. The van der Waals surface area contributed by atoms with Gasteiger partial charge < -0.3 is 10.2 Å². The van der Waals surface area contributed by atoms with Crippen molar-refractivity contribution >= 4 is 50.2 Å². The largest absolute Gasteiger partial charge is 0.416 e. The highest BCUT2D eigenvalue weighted by Crippen LogP contribution is 2.34. The van der Waals surface area contributed by atoms with Gasteiger partial charge >= 0.3 is 6.18 Å². The highest BCUT2D eigenvalue weighted by Gasteiger charge is 2.30. The summed E-state index contributed by atoms with van der Waals surface area (Å²) in [6.07, 6.45) is -1.06. The van der Waals surface area contributed by atoms with Gasteiger partial charge in [0.15, 0.2) is 10.8 Å². The Hall–Kier alpha value is -2.40. The van der Waals surface area contributed by atoms with Gasteiger partial charge in [0.2, 0.25) is 5.91 Å². The van der Waals surface area contributed by atoms with Gasteiger partial charge in [-0.3, -0.25) is 4.79 Å². The maximum Gasteiger partial charge on any atom is 0.416 e. The molecule has 0 bridgehead atoms. The van der Waals surface area contributed by atoms with E-state index >= 15 is 0 Å². The number of carbonyl (C=O) groups excluding carboxylic acids is 1. The van der Waals surface area contributed by atoms with Gasteiger partial charge in [-0.15, -0.1) is 0 Å². The minimum Gasteiger partial charge on any atom is -0.348 e. The molecule has 0 unspecified atom stereocenters. The summed E-state index contributed by atoms with van der Waals surface area (Å²) >= 11 is 2.69. The third-order valence-corrected chi connectivity index (χ3v) is 6.45. The molecule has 0 spiro atoms. The lowest BCUT2D eigenvalue weighted by Crippen LogP contribution is -2.24. The van der Waals surface area contributed by atoms with E-state index in [1.54, 1.807) is 0 Å². The van der Waals surface area contributed by atoms with Crippen LogP contribution in [-0.4, -0.2) is 39.7 Å². The van der Waals surface area contributed by atoms with E-state index in [1.807, 2.05) is 0 Å². The quantitative estimate of drug-likeness (QED) is 0.331. The van der Waals surface area contributed by atoms with E-state index in [1.165, 1.54) is 41.6 Å². The fourth-order valence-electron chi connectivity index (χ4n) is 2.91. The lowest BCUT2D eigenvalue weighted by molar-refractivity contribution is -0.137. The van der Waals surface area contributed by atoms with Crippen molar-refractivity contribution in [2.24, 2.45) is 0 Å². The number of carbonyl (C=O) groups is 1. The topological polar surface area (TPSA) is 71.0 Å². The molecule has 166 valence electrons. The van der Waals surface area contributed by atoms with Crippen molar-refractivity contribution < 1.29 is 18.0 Å². The molecule has 0 saturated heterocycles. The van der Waals surface area contributed by atoms with Crippen molar-refractivity contribution in [2.45, 2.75) is 37.9 Å². The number of thiazole rings is 1. The smallest absolute Gasteiger partial charge is 0.348 e. The first-order chi connectivity index (χ1) is 14.8. The average molecular weight is 470 g/mol. The second-order valence-corrected chi connectivity index (χ2v) is 8.67. The Bertz CT molecular complexity index is 1040. The van der Waals surface area contributed by atoms with E-state index in [4.69, 9.17) is 0 Å². The first kappa shape index (κ1) is 23.3. The average Bonchev–Trinajstić information content (AvgIpc) is 3.16. The number of hydrogen-bond acceptors (Lipinski definition) is 7. The van der Waals surface area contributed by atoms with E-state index < -0.39 is 17.6 Å². The zero-order chi connectivity index (χ0) is 22.4. The van der Waals surface area contributed by atoms with Gasteiger partial charge in [0.1, 0.15) is 16.1 Å². The molecule has 0 atom stereocenters. The van der Waals surface area contributed by atoms with E-state index in [9.17, 15) is 18.0 Å². The van der Waals surface area contributed by atoms with Crippen LogP contribution in [0, 0.1) is 0 Å². The predicted molar refractivity (Wildman–Crippen MR) is 119 cm³/mol. The number of halogens is 3. The number of nitrogens with zero attached hydrogens (tertiary/aromatic N) is 4. The van der Waals surface area contributed by atoms with Gasteiger partial charge in [-0.2, -0.15) is 18.2 Å². The Morgan fingerprint density at radius 3 is 2.61 bits per heavy atom. The van der Waals surface area contributed by atoms with Crippen LogP contribution < -0.4 is 10.2 Å². The van der Waals surface area contributed by atoms with E-state index in [-0.39, 0.29) is 11.4 Å². The summed E-state index contributed by atoms with van der Waals surface area (Å²) in [6.45, 7) is 6.01. The number of amides is 1. The standard InChI is InChI=1S/C20H22F3N5OS2/c1-3-8-28(9-4-2)19-27-17-16(31-19)18(25-12-24-17)30-11-15(29)26-14-7-5-6-13(10-14)20(21,22)23/h5-7,10,12H,3-4,8-9,11H2,1-2H3,(H,26,29). The van der Waals surface area contributed by atoms with E-state index in [0.717, 1.165) is 47.9 Å². The Morgan fingerprint density at radius 1 is 1.19 bits per heavy atom. The van der Waals surface area contributed by atoms with Crippen LogP contribution in [-0.2, 0) is 11.0 Å². The molecule has 3 aromatic rings. The van der Waals surface area contributed by atoms with E-state index in [0.29, 0.717) is 10.7 Å². The maximum absolute atomic E-state index is 12.8. The Balaban J connectivity index is 1.70. The van der Waals surface area contributed by atoms with Crippen LogP contribution in [0.1, 0.15) is 32.3 Å². The normalized spacial score (nSPS) is 11.6. The molecule has 2 aromatic heterocycles. The predicted octanol–water partition coefficient (Wildman–Crippen LogP) is 5.46. The second kappa shape index (κ2) is 10.3. The fourth-order valence-corrected chi connectivity index (χ4v) is 4.85. The molecule has 11 heteroatoms. The minimum atomic E-state index is -4.46. The van der Waals surface area contributed by atoms with Gasteiger partial charge in [0.05, 0.1) is 11.3 Å². The molecule has 0 aliphatic heterocycles. The molecule has 0 saturated carbocycles. The summed E-state index contributed by atoms with van der Waals surface area (Å²) in [5, 5.41) is 4.00. The molecular formula is C20H22F3N5OS2. The molecule has 0 fully saturated rings. The number of aromatic nitrogens is 3. The summed E-state index contributed by atoms with van der Waals surface area (Å²) in [7, 11) is 0. The van der Waals surface area contributed by atoms with Crippen LogP contribution in [0.4, 0.5) is 24.0 Å². The summed E-state index contributed by atoms with van der Waals surface area (Å²) < 4.78 is 39.3. The molecule has 0 radical (unpaired) electrons. The first-order valence-electron chi connectivity index (χ1n) is 9.78. The Labute approximate surface area is 186 Å². The van der Waals surface area contributed by atoms with Crippen LogP contribution in [0.25, 0.3) is 10.3 Å². The molecule has 31 heavy (non-hydrogen) atoms. The van der Waals surface area contributed by atoms with Gasteiger partial charge in [0.25, 0.3) is 0 Å². The number of hydrogen-bond donors (Lipinski definition) is 1. The number of fused-ring (bicyclic) bond motifs is 1. The molecule has 1 aromatic carbocycles. The molecule has 0 aliphatic rings. The van der Waals surface area contributed by atoms with Crippen molar-refractivity contribution in [1.82, 2.24) is 15.0 Å². The summed E-state index contributed by atoms with van der Waals surface area (Å²) in [4.78, 5) is 27.6. The van der Waals surface area contributed by atoms with Gasteiger partial charge in [-0.25, -0.2) is 9.97 Å². The fraction of sp³-hybridized carbons (Fsp3) is 0.400. The lowest BCUT2D eigenvalue weighted by atomic mass is 10.2. The van der Waals surface area contributed by atoms with Crippen LogP contribution >= 0.6 is 23.1 Å². The molecule has 2 heterocycles. The lowest BCUT2D eigenvalue weighted by Gasteiger charge is -2.19. The number of thioether (sulfide) groups is 1. The number of nitrogens with one attached hydrogen (secondary N) is 1. The SMILES string of the molecule is CCCN(CCC)c1nc2ncnc(SCC(=O)Nc3cccc(C(F)(F)F)c3)c2s1. The van der Waals surface area contributed by atoms with Gasteiger partial charge in [0, 0.05) is 18.8 Å². The number of anilines is 2. The highest BCUT2D eigenvalue weighted by molar-refractivity contribution is 8.00. The van der Waals surface area contributed by atoms with Crippen LogP contribution in [0.3, 0.4) is 0 Å². The zero-order valence-electron chi connectivity index (χ0n) is 17.1. The van der Waals surface area contributed by atoms with Crippen molar-refractivity contribution in [2.75, 3.05) is 29.1 Å². The molecule has 1 amide bonds. The van der Waals surface area contributed by atoms with Crippen molar-refractivity contribution in [3.05, 3.63) is 36.2 Å². The summed E-state index contributed by atoms with van der Waals surface area (Å²) in [5.74, 6) is -0.414. The second-order valence-electron chi connectivity index (χ2n) is 6.73. The van der Waals surface area contributed by atoms with Gasteiger partial charge in [-0.05, 0) is 31.0 Å². The minimum absolute atomic E-state index is 0.00320. The van der Waals surface area contributed by atoms with Gasteiger partial charge in [-0.1, -0.05) is 43.0 Å². The summed E-state index contributed by atoms with van der Waals surface area (Å²) in [5.41, 5.74) is -0.132. The monoisotopic (exact) mass is 469 g/mol. The number of rotatable bonds is 9. The molecule has 6 nitrogen and oxygen atoms in total. The Kier molecular flexibility index (Phi) is 7.71. The van der Waals surface area contributed by atoms with E-state index in [2.05, 4.69) is 39.0 Å². The molecule has 1 N–H and O–H groups in total. The Morgan fingerprint density at radius 2 is 1.94 bits per heavy atom. The van der Waals surface area contributed by atoms with Crippen LogP contribution in [0.5, 0.6) is 0 Å². The molecule has 0 aliphatic carbocycles. The highest BCUT2D eigenvalue weighted by atomic mass is 32.2. The third-order valence-electron chi connectivity index (χ3n) is 4.22. The summed E-state index contributed by atoms with van der Waals surface area (Å²) in [6, 6.07) is 4.56. The van der Waals surface area contributed by atoms with Crippen LogP contribution in [0.15, 0.2) is 35.6 Å². The third kappa shape index (κ3) is 6.07. The van der Waals surface area contributed by atoms with Crippen LogP contribution in [0.2, 0.25) is 0 Å². The first-order valence-corrected chi connectivity index (χ1v) is 11.6. The molecular weight excluding hydrogens is 447 g/mol. The molecule has 3 rings (SSSR count). The zero-order valence-corrected chi connectivity index (χ0v) is 18.7. The number of alkyl halides is 3. The maximum atomic E-state index is 12.8. The van der Waals surface area contributed by atoms with Crippen molar-refractivity contribution in [3.8, 4) is 0 Å².